The van der Waals surface area contributed by atoms with Gasteiger partial charge in [-0.3, -0.25) is 0 Å². The van der Waals surface area contributed by atoms with Crippen LogP contribution in [0.1, 0.15) is 11.1 Å². The maximum atomic E-state index is 11.6. The summed E-state index contributed by atoms with van der Waals surface area (Å²) in [5.41, 5.74) is 4.99. The molecule has 0 atom stereocenters. The van der Waals surface area contributed by atoms with E-state index in [2.05, 4.69) is 23.0 Å². The van der Waals surface area contributed by atoms with Crippen LogP contribution >= 0.6 is 0 Å². The van der Waals surface area contributed by atoms with E-state index in [1.807, 2.05) is 19.1 Å². The van der Waals surface area contributed by atoms with Crippen molar-refractivity contribution in [1.29, 1.82) is 0 Å². The zero-order valence-corrected chi connectivity index (χ0v) is 13.0. The Morgan fingerprint density at radius 3 is 2.48 bits per heavy atom. The van der Waals surface area contributed by atoms with Crippen LogP contribution in [0.25, 0.3) is 22.4 Å². The van der Waals surface area contributed by atoms with Crippen LogP contribution in [-0.4, -0.2) is 24.6 Å². The molecular weight excluding hydrogens is 284 g/mol. The Morgan fingerprint density at radius 1 is 1.05 bits per heavy atom. The molecule has 3 rings (SSSR count). The van der Waals surface area contributed by atoms with Crippen LogP contribution in [0.2, 0.25) is 0 Å². The molecule has 0 aliphatic rings. The predicted octanol–water partition coefficient (Wildman–Crippen LogP) is 3.25. The highest BCUT2D eigenvalue weighted by molar-refractivity contribution is 7.90. The number of imidazole rings is 1. The van der Waals surface area contributed by atoms with E-state index < -0.39 is 9.84 Å². The number of nitrogens with zero attached hydrogens (tertiary/aromatic N) is 1. The number of rotatable bonds is 2. The lowest BCUT2D eigenvalue weighted by Gasteiger charge is -2.00. The van der Waals surface area contributed by atoms with Gasteiger partial charge >= 0.3 is 0 Å². The zero-order valence-electron chi connectivity index (χ0n) is 12.1. The average molecular weight is 300 g/mol. The van der Waals surface area contributed by atoms with Crippen molar-refractivity contribution in [1.82, 2.24) is 9.97 Å². The van der Waals surface area contributed by atoms with Crippen molar-refractivity contribution in [3.8, 4) is 11.4 Å². The van der Waals surface area contributed by atoms with Crippen molar-refractivity contribution in [2.24, 2.45) is 0 Å². The number of H-pyrrole nitrogens is 1. The first kappa shape index (κ1) is 13.8. The fourth-order valence-electron chi connectivity index (χ4n) is 2.28. The quantitative estimate of drug-likeness (QED) is 0.790. The SMILES string of the molecule is Cc1cc2nc(-c3cccc(S(C)(=O)=O)c3)[nH]c2cc1C. The summed E-state index contributed by atoms with van der Waals surface area (Å²) in [6, 6.07) is 10.9. The minimum Gasteiger partial charge on any atom is -0.338 e. The summed E-state index contributed by atoms with van der Waals surface area (Å²) >= 11 is 0. The summed E-state index contributed by atoms with van der Waals surface area (Å²) in [6.07, 6.45) is 1.21. The summed E-state index contributed by atoms with van der Waals surface area (Å²) in [7, 11) is -3.22. The fraction of sp³-hybridized carbons (Fsp3) is 0.188. The van der Waals surface area contributed by atoms with E-state index in [0.29, 0.717) is 10.7 Å². The molecule has 0 radical (unpaired) electrons. The first-order valence-corrected chi connectivity index (χ1v) is 8.51. The van der Waals surface area contributed by atoms with Gasteiger partial charge in [0.05, 0.1) is 15.9 Å². The molecule has 0 fully saturated rings. The van der Waals surface area contributed by atoms with Gasteiger partial charge in [-0.15, -0.1) is 0 Å². The van der Waals surface area contributed by atoms with E-state index in [0.717, 1.165) is 16.6 Å². The molecule has 0 saturated heterocycles. The number of nitrogens with one attached hydrogen (secondary N) is 1. The molecule has 2 aromatic carbocycles. The monoisotopic (exact) mass is 300 g/mol. The van der Waals surface area contributed by atoms with E-state index in [1.54, 1.807) is 18.2 Å². The first-order valence-electron chi connectivity index (χ1n) is 6.62. The van der Waals surface area contributed by atoms with Crippen molar-refractivity contribution in [3.63, 3.8) is 0 Å². The highest BCUT2D eigenvalue weighted by Gasteiger charge is 2.11. The molecule has 5 heteroatoms. The molecule has 4 nitrogen and oxygen atoms in total. The highest BCUT2D eigenvalue weighted by atomic mass is 32.2. The van der Waals surface area contributed by atoms with Gasteiger partial charge in [0.2, 0.25) is 0 Å². The maximum Gasteiger partial charge on any atom is 0.175 e. The van der Waals surface area contributed by atoms with E-state index in [-0.39, 0.29) is 0 Å². The van der Waals surface area contributed by atoms with Crippen LogP contribution in [0.5, 0.6) is 0 Å². The van der Waals surface area contributed by atoms with E-state index in [1.165, 1.54) is 17.4 Å². The lowest BCUT2D eigenvalue weighted by atomic mass is 10.1. The number of hydrogen-bond donors (Lipinski definition) is 1. The van der Waals surface area contributed by atoms with Gasteiger partial charge in [-0.2, -0.15) is 0 Å². The number of sulfone groups is 1. The number of aryl methyl sites for hydroxylation is 2. The molecular formula is C16H16N2O2S. The van der Waals surface area contributed by atoms with Gasteiger partial charge in [-0.05, 0) is 49.2 Å². The van der Waals surface area contributed by atoms with Crippen molar-refractivity contribution < 1.29 is 8.42 Å². The summed E-state index contributed by atoms with van der Waals surface area (Å²) in [4.78, 5) is 8.11. The van der Waals surface area contributed by atoms with Gasteiger partial charge < -0.3 is 4.98 Å². The van der Waals surface area contributed by atoms with Gasteiger partial charge in [-0.1, -0.05) is 12.1 Å². The van der Waals surface area contributed by atoms with Gasteiger partial charge in [0.25, 0.3) is 0 Å². The molecule has 108 valence electrons. The van der Waals surface area contributed by atoms with Crippen LogP contribution in [0, 0.1) is 13.8 Å². The smallest absolute Gasteiger partial charge is 0.175 e. The zero-order chi connectivity index (χ0) is 15.2. The largest absolute Gasteiger partial charge is 0.338 e. The lowest BCUT2D eigenvalue weighted by Crippen LogP contribution is -1.97. The number of hydrogen-bond acceptors (Lipinski definition) is 3. The molecule has 0 bridgehead atoms. The minimum atomic E-state index is -3.22. The van der Waals surface area contributed by atoms with Crippen LogP contribution in [-0.2, 0) is 9.84 Å². The first-order chi connectivity index (χ1) is 9.84. The topological polar surface area (TPSA) is 62.8 Å². The molecule has 3 aromatic rings. The highest BCUT2D eigenvalue weighted by Crippen LogP contribution is 2.24. The van der Waals surface area contributed by atoms with Crippen LogP contribution in [0.4, 0.5) is 0 Å². The standard InChI is InChI=1S/C16H16N2O2S/c1-10-7-14-15(8-11(10)2)18-16(17-14)12-5-4-6-13(9-12)21(3,19)20/h4-9H,1-3H3,(H,17,18). The third-order valence-corrected chi connectivity index (χ3v) is 4.74. The van der Waals surface area contributed by atoms with E-state index >= 15 is 0 Å². The normalized spacial score (nSPS) is 12.0. The molecule has 1 heterocycles. The Balaban J connectivity index is 2.17. The molecule has 1 N–H and O–H groups in total. The third-order valence-electron chi connectivity index (χ3n) is 3.63. The summed E-state index contributed by atoms with van der Waals surface area (Å²) in [5.74, 6) is 0.681. The van der Waals surface area contributed by atoms with Gasteiger partial charge in [-0.25, -0.2) is 13.4 Å². The Morgan fingerprint density at radius 2 is 1.76 bits per heavy atom. The van der Waals surface area contributed by atoms with Crippen LogP contribution < -0.4 is 0 Å². The van der Waals surface area contributed by atoms with Gasteiger partial charge in [0.1, 0.15) is 5.82 Å². The maximum absolute atomic E-state index is 11.6. The molecule has 0 spiro atoms. The predicted molar refractivity (Wildman–Crippen MR) is 84.1 cm³/mol. The van der Waals surface area contributed by atoms with Gasteiger partial charge in [0.15, 0.2) is 9.84 Å². The van der Waals surface area contributed by atoms with E-state index in [4.69, 9.17) is 0 Å². The number of benzene rings is 2. The summed E-state index contributed by atoms with van der Waals surface area (Å²) in [5, 5.41) is 0. The van der Waals surface area contributed by atoms with E-state index in [9.17, 15) is 8.42 Å². The Hall–Kier alpha value is -2.14. The lowest BCUT2D eigenvalue weighted by molar-refractivity contribution is 0.602. The second kappa shape index (κ2) is 4.70. The minimum absolute atomic E-state index is 0.299. The molecule has 21 heavy (non-hydrogen) atoms. The Labute approximate surface area is 123 Å². The van der Waals surface area contributed by atoms with Crippen molar-refractivity contribution in [2.45, 2.75) is 18.7 Å². The van der Waals surface area contributed by atoms with Crippen LogP contribution in [0.3, 0.4) is 0 Å². The molecule has 0 saturated carbocycles. The van der Waals surface area contributed by atoms with Crippen molar-refractivity contribution >= 4 is 20.9 Å². The Kier molecular flexibility index (Phi) is 3.10. The third kappa shape index (κ3) is 2.56. The molecule has 0 unspecified atom stereocenters. The average Bonchev–Trinajstić information content (AvgIpc) is 2.81. The van der Waals surface area contributed by atoms with Crippen LogP contribution in [0.15, 0.2) is 41.3 Å². The molecule has 0 amide bonds. The molecule has 0 aliphatic carbocycles. The van der Waals surface area contributed by atoms with Gasteiger partial charge in [0, 0.05) is 11.8 Å². The Bertz CT molecular complexity index is 901. The fourth-order valence-corrected chi connectivity index (χ4v) is 2.95. The van der Waals surface area contributed by atoms with Crippen molar-refractivity contribution in [3.05, 3.63) is 47.5 Å². The number of aromatic amines is 1. The molecule has 1 aromatic heterocycles. The second-order valence-corrected chi connectivity index (χ2v) is 7.35. The summed E-state index contributed by atoms with van der Waals surface area (Å²) in [6.45, 7) is 4.10. The second-order valence-electron chi connectivity index (χ2n) is 5.34. The number of fused-ring (bicyclic) bond motifs is 1. The van der Waals surface area contributed by atoms with Crippen molar-refractivity contribution in [2.75, 3.05) is 6.26 Å². The summed E-state index contributed by atoms with van der Waals surface area (Å²) < 4.78 is 23.3. The molecule has 0 aliphatic heterocycles. The number of aromatic nitrogens is 2.